The Bertz CT molecular complexity index is 1520. The number of hydrogen-bond donors (Lipinski definition) is 1. The molecular formula is C30H33ClF3N3O4S. The topological polar surface area (TPSA) is 86.8 Å². The second-order valence-electron chi connectivity index (χ2n) is 9.99. The van der Waals surface area contributed by atoms with Crippen molar-refractivity contribution in [3.63, 3.8) is 0 Å². The molecule has 7 nitrogen and oxygen atoms in total. The average Bonchev–Trinajstić information content (AvgIpc) is 2.94. The molecule has 3 aromatic carbocycles. The van der Waals surface area contributed by atoms with E-state index < -0.39 is 56.9 Å². The van der Waals surface area contributed by atoms with Crippen LogP contribution in [0.15, 0.2) is 77.7 Å². The van der Waals surface area contributed by atoms with Crippen LogP contribution in [0.2, 0.25) is 5.02 Å². The van der Waals surface area contributed by atoms with Gasteiger partial charge in [-0.2, -0.15) is 13.2 Å². The number of halogens is 4. The van der Waals surface area contributed by atoms with Crippen molar-refractivity contribution in [3.8, 4) is 0 Å². The highest BCUT2D eigenvalue weighted by atomic mass is 35.5. The molecule has 3 aromatic rings. The van der Waals surface area contributed by atoms with Crippen LogP contribution in [0.1, 0.15) is 43.9 Å². The summed E-state index contributed by atoms with van der Waals surface area (Å²) < 4.78 is 69.4. The highest BCUT2D eigenvalue weighted by molar-refractivity contribution is 7.92. The number of anilines is 1. The Morgan fingerprint density at radius 3 is 2.24 bits per heavy atom. The molecule has 0 aliphatic heterocycles. The van der Waals surface area contributed by atoms with E-state index in [0.29, 0.717) is 22.4 Å². The van der Waals surface area contributed by atoms with Crippen LogP contribution < -0.4 is 9.62 Å². The summed E-state index contributed by atoms with van der Waals surface area (Å²) in [6.07, 6.45) is -4.23. The van der Waals surface area contributed by atoms with Crippen LogP contribution in [0.25, 0.3) is 0 Å². The first-order valence-corrected chi connectivity index (χ1v) is 15.1. The third-order valence-electron chi connectivity index (χ3n) is 6.76. The highest BCUT2D eigenvalue weighted by Crippen LogP contribution is 2.38. The van der Waals surface area contributed by atoms with Gasteiger partial charge in [0.2, 0.25) is 11.8 Å². The van der Waals surface area contributed by atoms with Gasteiger partial charge in [0.05, 0.1) is 21.2 Å². The molecular weight excluding hydrogens is 591 g/mol. The summed E-state index contributed by atoms with van der Waals surface area (Å²) in [5, 5.41) is 2.21. The van der Waals surface area contributed by atoms with E-state index in [1.807, 2.05) is 32.9 Å². The summed E-state index contributed by atoms with van der Waals surface area (Å²) in [7, 11) is -4.53. The first-order chi connectivity index (χ1) is 19.6. The van der Waals surface area contributed by atoms with Crippen molar-refractivity contribution in [2.45, 2.75) is 63.8 Å². The van der Waals surface area contributed by atoms with Crippen LogP contribution in [0.3, 0.4) is 0 Å². The molecule has 2 atom stereocenters. The van der Waals surface area contributed by atoms with Crippen molar-refractivity contribution in [2.24, 2.45) is 0 Å². The van der Waals surface area contributed by atoms with Crippen LogP contribution in [0.5, 0.6) is 0 Å². The van der Waals surface area contributed by atoms with Gasteiger partial charge in [0.1, 0.15) is 12.6 Å². The molecule has 12 heteroatoms. The first kappa shape index (κ1) is 32.9. The van der Waals surface area contributed by atoms with E-state index in [1.165, 1.54) is 36.1 Å². The molecule has 0 aliphatic rings. The molecule has 0 radical (unpaired) electrons. The molecule has 0 saturated carbocycles. The lowest BCUT2D eigenvalue weighted by Crippen LogP contribution is -2.52. The molecule has 2 amide bonds. The van der Waals surface area contributed by atoms with Crippen LogP contribution in [0.4, 0.5) is 18.9 Å². The van der Waals surface area contributed by atoms with E-state index in [1.54, 1.807) is 18.2 Å². The molecule has 0 saturated heterocycles. The lowest BCUT2D eigenvalue weighted by Gasteiger charge is -2.32. The minimum Gasteiger partial charge on any atom is -0.352 e. The van der Waals surface area contributed by atoms with Crippen molar-refractivity contribution < 1.29 is 31.2 Å². The van der Waals surface area contributed by atoms with E-state index in [0.717, 1.165) is 17.7 Å². The zero-order chi connectivity index (χ0) is 31.2. The van der Waals surface area contributed by atoms with E-state index in [2.05, 4.69) is 5.32 Å². The van der Waals surface area contributed by atoms with Crippen molar-refractivity contribution in [3.05, 3.63) is 94.5 Å². The van der Waals surface area contributed by atoms with Gasteiger partial charge in [0.25, 0.3) is 10.0 Å². The standard InChI is InChI=1S/C30H33ClF3N3O4S/c1-5-21(3)35-29(39)22(4)36(18-23-11-9-10-20(2)16-23)28(38)19-37(42(40,41)25-12-7-6-8-13-25)24-14-15-27(31)26(17-24)30(32,33)34/h6-17,21-22H,5,18-19H2,1-4H3,(H,35,39)/t21-,22-/m1/s1. The minimum absolute atomic E-state index is 0.0384. The third kappa shape index (κ3) is 8.04. The zero-order valence-electron chi connectivity index (χ0n) is 23.7. The Morgan fingerprint density at radius 2 is 1.64 bits per heavy atom. The lowest BCUT2D eigenvalue weighted by atomic mass is 10.1. The predicted molar refractivity (Wildman–Crippen MR) is 157 cm³/mol. The summed E-state index contributed by atoms with van der Waals surface area (Å²) in [4.78, 5) is 28.0. The largest absolute Gasteiger partial charge is 0.417 e. The average molecular weight is 624 g/mol. The van der Waals surface area contributed by atoms with E-state index >= 15 is 0 Å². The Kier molecular flexibility index (Phi) is 10.7. The van der Waals surface area contributed by atoms with Crippen molar-refractivity contribution >= 4 is 39.1 Å². The molecule has 0 aliphatic carbocycles. The minimum atomic E-state index is -4.88. The Labute approximate surface area is 249 Å². The summed E-state index contributed by atoms with van der Waals surface area (Å²) in [6, 6.07) is 15.7. The van der Waals surface area contributed by atoms with Crippen LogP contribution in [0, 0.1) is 6.92 Å². The fraction of sp³-hybridized carbons (Fsp3) is 0.333. The van der Waals surface area contributed by atoms with Gasteiger partial charge in [-0.3, -0.25) is 13.9 Å². The molecule has 0 heterocycles. The van der Waals surface area contributed by atoms with Gasteiger partial charge in [-0.25, -0.2) is 8.42 Å². The van der Waals surface area contributed by atoms with Gasteiger partial charge in [-0.05, 0) is 63.1 Å². The first-order valence-electron chi connectivity index (χ1n) is 13.2. The molecule has 0 aromatic heterocycles. The third-order valence-corrected chi connectivity index (χ3v) is 8.87. The molecule has 1 N–H and O–H groups in total. The van der Waals surface area contributed by atoms with Crippen LogP contribution >= 0.6 is 11.6 Å². The maximum absolute atomic E-state index is 13.9. The Morgan fingerprint density at radius 1 is 0.976 bits per heavy atom. The normalized spacial score (nSPS) is 13.2. The molecule has 226 valence electrons. The SMILES string of the molecule is CC[C@@H](C)NC(=O)[C@@H](C)N(Cc1cccc(C)c1)C(=O)CN(c1ccc(Cl)c(C(F)(F)F)c1)S(=O)(=O)c1ccccc1. The quantitative estimate of drug-likeness (QED) is 0.276. The molecule has 0 fully saturated rings. The maximum atomic E-state index is 13.9. The number of carbonyl (C=O) groups excluding carboxylic acids is 2. The number of sulfonamides is 1. The zero-order valence-corrected chi connectivity index (χ0v) is 25.2. The highest BCUT2D eigenvalue weighted by Gasteiger charge is 2.37. The summed E-state index contributed by atoms with van der Waals surface area (Å²) in [5.74, 6) is -1.24. The summed E-state index contributed by atoms with van der Waals surface area (Å²) >= 11 is 5.80. The van der Waals surface area contributed by atoms with Crippen molar-refractivity contribution in [1.29, 1.82) is 0 Å². The van der Waals surface area contributed by atoms with E-state index in [4.69, 9.17) is 11.6 Å². The number of hydrogen-bond acceptors (Lipinski definition) is 4. The smallest absolute Gasteiger partial charge is 0.352 e. The number of rotatable bonds is 11. The Balaban J connectivity index is 2.11. The number of alkyl halides is 3. The van der Waals surface area contributed by atoms with Gasteiger partial charge in [-0.1, -0.05) is 66.6 Å². The fourth-order valence-electron chi connectivity index (χ4n) is 4.19. The van der Waals surface area contributed by atoms with Gasteiger partial charge in [0.15, 0.2) is 0 Å². The van der Waals surface area contributed by atoms with Gasteiger partial charge < -0.3 is 10.2 Å². The second kappa shape index (κ2) is 13.6. The van der Waals surface area contributed by atoms with Crippen LogP contribution in [-0.4, -0.2) is 43.8 Å². The number of benzene rings is 3. The molecule has 0 unspecified atom stereocenters. The summed E-state index contributed by atoms with van der Waals surface area (Å²) in [6.45, 7) is 6.17. The maximum Gasteiger partial charge on any atom is 0.417 e. The number of aryl methyl sites for hydroxylation is 1. The van der Waals surface area contributed by atoms with Crippen LogP contribution in [-0.2, 0) is 32.3 Å². The van der Waals surface area contributed by atoms with E-state index in [9.17, 15) is 31.2 Å². The predicted octanol–water partition coefficient (Wildman–Crippen LogP) is 6.19. The monoisotopic (exact) mass is 623 g/mol. The van der Waals surface area contributed by atoms with Gasteiger partial charge in [-0.15, -0.1) is 0 Å². The Hall–Kier alpha value is -3.57. The summed E-state index contributed by atoms with van der Waals surface area (Å²) in [5.41, 5.74) is -0.0583. The molecule has 0 bridgehead atoms. The molecule has 42 heavy (non-hydrogen) atoms. The van der Waals surface area contributed by atoms with Crippen molar-refractivity contribution in [1.82, 2.24) is 10.2 Å². The lowest BCUT2D eigenvalue weighted by molar-refractivity contribution is -0.139. The number of nitrogens with one attached hydrogen (secondary N) is 1. The number of nitrogens with zero attached hydrogens (tertiary/aromatic N) is 2. The van der Waals surface area contributed by atoms with Gasteiger partial charge >= 0.3 is 6.18 Å². The second-order valence-corrected chi connectivity index (χ2v) is 12.3. The number of amides is 2. The van der Waals surface area contributed by atoms with Gasteiger partial charge in [0, 0.05) is 12.6 Å². The van der Waals surface area contributed by atoms with E-state index in [-0.39, 0.29) is 17.5 Å². The number of carbonyl (C=O) groups is 2. The fourth-order valence-corrected chi connectivity index (χ4v) is 5.84. The van der Waals surface area contributed by atoms with Crippen molar-refractivity contribution in [2.75, 3.05) is 10.8 Å². The molecule has 0 spiro atoms. The molecule has 3 rings (SSSR count).